The Morgan fingerprint density at radius 2 is 2.50 bits per heavy atom. The predicted molar refractivity (Wildman–Crippen MR) is 66.0 cm³/mol. The molecule has 0 fully saturated rings. The van der Waals surface area contributed by atoms with Gasteiger partial charge in [-0.1, -0.05) is 17.0 Å². The van der Waals surface area contributed by atoms with Gasteiger partial charge in [0.2, 0.25) is 0 Å². The zero-order valence-electron chi connectivity index (χ0n) is 9.34. The largest absolute Gasteiger partial charge is 0.384 e. The number of hydrogen-bond acceptors (Lipinski definition) is 5. The summed E-state index contributed by atoms with van der Waals surface area (Å²) >= 11 is 1.36. The molecule has 2 N–H and O–H groups in total. The fourth-order valence-electron chi connectivity index (χ4n) is 1.25. The van der Waals surface area contributed by atoms with Crippen LogP contribution in [0.5, 0.6) is 0 Å². The predicted octanol–water partition coefficient (Wildman–Crippen LogP) is 1.01. The molecule has 0 unspecified atom stereocenters. The second kappa shape index (κ2) is 6.00. The molecule has 0 aromatic carbocycles. The fraction of sp³-hybridized carbons (Fsp3) is 0.167. The van der Waals surface area contributed by atoms with Crippen LogP contribution in [0.1, 0.15) is 20.9 Å². The average Bonchev–Trinajstić information content (AvgIpc) is 3.04. The lowest BCUT2D eigenvalue weighted by atomic mass is 10.3. The van der Waals surface area contributed by atoms with Crippen LogP contribution in [0.3, 0.4) is 0 Å². The van der Waals surface area contributed by atoms with E-state index in [0.717, 1.165) is 4.88 Å². The molecule has 6 heteroatoms. The van der Waals surface area contributed by atoms with E-state index in [2.05, 4.69) is 26.8 Å². The van der Waals surface area contributed by atoms with Gasteiger partial charge in [-0.2, -0.15) is 0 Å². The smallest absolute Gasteiger partial charge is 0.252 e. The lowest BCUT2D eigenvalue weighted by molar-refractivity contribution is 0.0950. The number of rotatable bonds is 3. The molecule has 0 spiro atoms. The van der Waals surface area contributed by atoms with Crippen molar-refractivity contribution < 1.29 is 14.4 Å². The summed E-state index contributed by atoms with van der Waals surface area (Å²) in [6, 6.07) is 3.37. The van der Waals surface area contributed by atoms with Crippen molar-refractivity contribution in [1.29, 1.82) is 0 Å². The van der Waals surface area contributed by atoms with Crippen molar-refractivity contribution >= 4 is 17.2 Å². The number of carbonyl (C=O) groups excluding carboxylic acids is 1. The Morgan fingerprint density at radius 1 is 1.61 bits per heavy atom. The molecule has 2 rings (SSSR count). The number of nitrogens with zero attached hydrogens (tertiary/aromatic N) is 1. The number of aromatic nitrogens is 1. The maximum absolute atomic E-state index is 11.8. The molecular formula is C12H10N2O3S. The summed E-state index contributed by atoms with van der Waals surface area (Å²) < 4.78 is 4.66. The van der Waals surface area contributed by atoms with Gasteiger partial charge in [0.15, 0.2) is 0 Å². The normalized spacial score (nSPS) is 9.61. The number of carbonyl (C=O) groups is 1. The molecule has 1 amide bonds. The van der Waals surface area contributed by atoms with Crippen molar-refractivity contribution in [3.63, 3.8) is 0 Å². The summed E-state index contributed by atoms with van der Waals surface area (Å²) in [5, 5.41) is 16.7. The summed E-state index contributed by atoms with van der Waals surface area (Å²) in [6.45, 7) is 0.133. The molecule has 18 heavy (non-hydrogen) atoms. The molecule has 0 aliphatic heterocycles. The van der Waals surface area contributed by atoms with Gasteiger partial charge in [-0.05, 0) is 6.07 Å². The van der Waals surface area contributed by atoms with Gasteiger partial charge in [0, 0.05) is 11.4 Å². The molecule has 2 aromatic rings. The summed E-state index contributed by atoms with van der Waals surface area (Å²) in [6.07, 6.45) is 1.45. The minimum absolute atomic E-state index is 0.189. The number of nitrogens with one attached hydrogen (secondary N) is 1. The van der Waals surface area contributed by atoms with Crippen LogP contribution >= 0.6 is 11.3 Å². The minimum atomic E-state index is -0.189. The van der Waals surface area contributed by atoms with E-state index >= 15 is 0 Å². The molecule has 92 valence electrons. The van der Waals surface area contributed by atoms with Crippen molar-refractivity contribution in [2.75, 3.05) is 6.61 Å². The van der Waals surface area contributed by atoms with E-state index in [1.54, 1.807) is 17.5 Å². The van der Waals surface area contributed by atoms with Crippen LogP contribution in [0.2, 0.25) is 0 Å². The van der Waals surface area contributed by atoms with Gasteiger partial charge in [-0.15, -0.1) is 11.3 Å². The van der Waals surface area contributed by atoms with E-state index in [4.69, 9.17) is 5.11 Å². The summed E-state index contributed by atoms with van der Waals surface area (Å²) in [5.41, 5.74) is 1.21. The molecule has 5 nitrogen and oxygen atoms in total. The van der Waals surface area contributed by atoms with Gasteiger partial charge in [0.25, 0.3) is 5.91 Å². The number of amides is 1. The maximum atomic E-state index is 11.8. The first-order valence-electron chi connectivity index (χ1n) is 5.15. The highest BCUT2D eigenvalue weighted by atomic mass is 32.1. The van der Waals surface area contributed by atoms with Gasteiger partial charge in [-0.3, -0.25) is 4.79 Å². The quantitative estimate of drug-likeness (QED) is 0.809. The first-order chi connectivity index (χ1) is 8.79. The molecule has 2 aromatic heterocycles. The molecular weight excluding hydrogens is 252 g/mol. The number of thiophene rings is 1. The Hall–Kier alpha value is -2.10. The van der Waals surface area contributed by atoms with Crippen LogP contribution < -0.4 is 5.32 Å². The van der Waals surface area contributed by atoms with E-state index in [0.29, 0.717) is 17.8 Å². The topological polar surface area (TPSA) is 75.4 Å². The fourth-order valence-corrected chi connectivity index (χ4v) is 2.00. The van der Waals surface area contributed by atoms with Crippen molar-refractivity contribution in [1.82, 2.24) is 10.5 Å². The van der Waals surface area contributed by atoms with Gasteiger partial charge in [0.1, 0.15) is 18.6 Å². The maximum Gasteiger partial charge on any atom is 0.252 e. The highest BCUT2D eigenvalue weighted by molar-refractivity contribution is 7.10. The first kappa shape index (κ1) is 12.4. The lowest BCUT2D eigenvalue weighted by Gasteiger charge is -1.99. The number of hydrogen-bond donors (Lipinski definition) is 2. The van der Waals surface area contributed by atoms with Crippen LogP contribution in [0.4, 0.5) is 0 Å². The zero-order chi connectivity index (χ0) is 12.8. The molecule has 0 radical (unpaired) electrons. The van der Waals surface area contributed by atoms with Gasteiger partial charge < -0.3 is 14.9 Å². The molecule has 0 aliphatic carbocycles. The first-order valence-corrected chi connectivity index (χ1v) is 6.03. The average molecular weight is 262 g/mol. The Balaban J connectivity index is 1.94. The molecule has 0 atom stereocenters. The van der Waals surface area contributed by atoms with Crippen LogP contribution in [0.25, 0.3) is 0 Å². The molecule has 0 bridgehead atoms. The summed E-state index contributed by atoms with van der Waals surface area (Å²) in [5.74, 6) is 5.09. The van der Waals surface area contributed by atoms with Crippen molar-refractivity contribution in [3.05, 3.63) is 39.9 Å². The van der Waals surface area contributed by atoms with Crippen LogP contribution in [0, 0.1) is 11.8 Å². The van der Waals surface area contributed by atoms with Crippen LogP contribution in [-0.2, 0) is 6.54 Å². The van der Waals surface area contributed by atoms with E-state index in [1.165, 1.54) is 17.6 Å². The Morgan fingerprint density at radius 3 is 3.22 bits per heavy atom. The third-order valence-corrected chi connectivity index (χ3v) is 2.92. The van der Waals surface area contributed by atoms with Gasteiger partial charge in [0.05, 0.1) is 17.0 Å². The summed E-state index contributed by atoms with van der Waals surface area (Å²) in [7, 11) is 0. The Labute approximate surface area is 107 Å². The van der Waals surface area contributed by atoms with E-state index < -0.39 is 0 Å². The van der Waals surface area contributed by atoms with Crippen molar-refractivity contribution in [3.8, 4) is 11.8 Å². The zero-order valence-corrected chi connectivity index (χ0v) is 10.2. The molecule has 0 saturated carbocycles. The Kier molecular flexibility index (Phi) is 4.12. The molecule has 0 saturated heterocycles. The van der Waals surface area contributed by atoms with Gasteiger partial charge >= 0.3 is 0 Å². The monoisotopic (exact) mass is 262 g/mol. The number of aliphatic hydroxyl groups excluding tert-OH is 1. The highest BCUT2D eigenvalue weighted by Crippen LogP contribution is 2.13. The van der Waals surface area contributed by atoms with Crippen molar-refractivity contribution in [2.45, 2.75) is 6.54 Å². The molecule has 0 aliphatic rings. The lowest BCUT2D eigenvalue weighted by Crippen LogP contribution is -2.22. The second-order valence-corrected chi connectivity index (χ2v) is 4.24. The summed E-state index contributed by atoms with van der Waals surface area (Å²) in [4.78, 5) is 12.5. The van der Waals surface area contributed by atoms with E-state index in [-0.39, 0.29) is 12.5 Å². The minimum Gasteiger partial charge on any atom is -0.384 e. The third-order valence-electron chi connectivity index (χ3n) is 2.07. The van der Waals surface area contributed by atoms with E-state index in [9.17, 15) is 4.79 Å². The third kappa shape index (κ3) is 3.20. The molecule has 2 heterocycles. The highest BCUT2D eigenvalue weighted by Gasteiger charge is 2.08. The van der Waals surface area contributed by atoms with Gasteiger partial charge in [-0.25, -0.2) is 0 Å². The van der Waals surface area contributed by atoms with E-state index in [1.807, 2.05) is 0 Å². The second-order valence-electron chi connectivity index (χ2n) is 3.33. The Bertz CT molecular complexity index is 578. The number of aliphatic hydroxyl groups is 1. The van der Waals surface area contributed by atoms with Crippen LogP contribution in [0.15, 0.2) is 28.3 Å². The van der Waals surface area contributed by atoms with Crippen LogP contribution in [-0.4, -0.2) is 22.8 Å². The SMILES string of the molecule is O=C(NCc1ccon1)c1csc(C#CCO)c1. The standard InChI is InChI=1S/C12H10N2O3S/c15-4-1-2-11-6-9(8-18-11)12(16)13-7-10-3-5-17-14-10/h3,5-6,8,15H,4,7H2,(H,13,16). The van der Waals surface area contributed by atoms with Crippen molar-refractivity contribution in [2.24, 2.45) is 0 Å².